The standard InChI is InChI=1S/C17H21N3O3S/c1-22-16-7-12(17(21)20-13-3-2-6-18-8-13)4-5-15(16)23-9-14-10-24-11-19-14/h4-5,7,10-11,13,18H,2-3,6,8-9H2,1H3,(H,20,21)/t13-/m0/s1. The molecule has 2 N–H and O–H groups in total. The predicted molar refractivity (Wildman–Crippen MR) is 92.8 cm³/mol. The van der Waals surface area contributed by atoms with E-state index in [0.717, 1.165) is 31.6 Å². The normalized spacial score (nSPS) is 17.3. The molecular formula is C17H21N3O3S. The minimum Gasteiger partial charge on any atom is -0.493 e. The van der Waals surface area contributed by atoms with Gasteiger partial charge in [-0.3, -0.25) is 4.79 Å². The molecule has 0 saturated carbocycles. The summed E-state index contributed by atoms with van der Waals surface area (Å²) in [5.74, 6) is 1.05. The average molecular weight is 347 g/mol. The molecule has 7 heteroatoms. The molecule has 1 saturated heterocycles. The fraction of sp³-hybridized carbons (Fsp3) is 0.412. The molecule has 3 rings (SSSR count). The average Bonchev–Trinajstić information content (AvgIpc) is 3.14. The second kappa shape index (κ2) is 8.12. The maximum Gasteiger partial charge on any atom is 0.251 e. The first-order valence-corrected chi connectivity index (χ1v) is 8.90. The zero-order valence-corrected chi connectivity index (χ0v) is 14.4. The first kappa shape index (κ1) is 16.7. The van der Waals surface area contributed by atoms with Crippen LogP contribution in [0.5, 0.6) is 11.5 Å². The number of rotatable bonds is 6. The zero-order valence-electron chi connectivity index (χ0n) is 13.6. The van der Waals surface area contributed by atoms with Gasteiger partial charge in [-0.15, -0.1) is 11.3 Å². The van der Waals surface area contributed by atoms with E-state index < -0.39 is 0 Å². The van der Waals surface area contributed by atoms with E-state index in [1.165, 1.54) is 11.3 Å². The highest BCUT2D eigenvalue weighted by Crippen LogP contribution is 2.29. The summed E-state index contributed by atoms with van der Waals surface area (Å²) < 4.78 is 11.1. The van der Waals surface area contributed by atoms with Crippen molar-refractivity contribution in [2.45, 2.75) is 25.5 Å². The van der Waals surface area contributed by atoms with Gasteiger partial charge in [-0.05, 0) is 37.6 Å². The first-order chi connectivity index (χ1) is 11.8. The van der Waals surface area contributed by atoms with E-state index in [1.54, 1.807) is 30.8 Å². The molecular weight excluding hydrogens is 326 g/mol. The summed E-state index contributed by atoms with van der Waals surface area (Å²) in [6.45, 7) is 2.21. The van der Waals surface area contributed by atoms with E-state index >= 15 is 0 Å². The van der Waals surface area contributed by atoms with E-state index in [1.807, 2.05) is 5.38 Å². The number of thiazole rings is 1. The van der Waals surface area contributed by atoms with Crippen LogP contribution in [0.4, 0.5) is 0 Å². The Labute approximate surface area is 145 Å². The van der Waals surface area contributed by atoms with E-state index in [0.29, 0.717) is 23.7 Å². The van der Waals surface area contributed by atoms with Crippen LogP contribution in [0.2, 0.25) is 0 Å². The summed E-state index contributed by atoms with van der Waals surface area (Å²) in [5.41, 5.74) is 3.20. The maximum absolute atomic E-state index is 12.4. The quantitative estimate of drug-likeness (QED) is 0.838. The molecule has 0 unspecified atom stereocenters. The van der Waals surface area contributed by atoms with Gasteiger partial charge >= 0.3 is 0 Å². The lowest BCUT2D eigenvalue weighted by Crippen LogP contribution is -2.45. The number of hydrogen-bond acceptors (Lipinski definition) is 6. The molecule has 6 nitrogen and oxygen atoms in total. The lowest BCUT2D eigenvalue weighted by Gasteiger charge is -2.24. The summed E-state index contributed by atoms with van der Waals surface area (Å²) in [4.78, 5) is 16.6. The minimum atomic E-state index is -0.0898. The number of carbonyl (C=O) groups is 1. The Morgan fingerprint density at radius 1 is 1.46 bits per heavy atom. The fourth-order valence-corrected chi connectivity index (χ4v) is 3.18. The Morgan fingerprint density at radius 3 is 3.08 bits per heavy atom. The number of ether oxygens (including phenoxy) is 2. The third-order valence-corrected chi connectivity index (χ3v) is 4.55. The third-order valence-electron chi connectivity index (χ3n) is 3.92. The number of carbonyl (C=O) groups excluding carboxylic acids is 1. The van der Waals surface area contributed by atoms with Crippen molar-refractivity contribution in [2.24, 2.45) is 0 Å². The van der Waals surface area contributed by atoms with Crippen LogP contribution in [-0.2, 0) is 6.61 Å². The van der Waals surface area contributed by atoms with E-state index in [4.69, 9.17) is 9.47 Å². The second-order valence-corrected chi connectivity index (χ2v) is 6.37. The van der Waals surface area contributed by atoms with Gasteiger partial charge in [0.05, 0.1) is 18.3 Å². The highest BCUT2D eigenvalue weighted by molar-refractivity contribution is 7.07. The molecule has 0 bridgehead atoms. The molecule has 2 aromatic rings. The summed E-state index contributed by atoms with van der Waals surface area (Å²) in [7, 11) is 1.57. The Hall–Kier alpha value is -2.12. The SMILES string of the molecule is COc1cc(C(=O)N[C@H]2CCCNC2)ccc1OCc1cscn1. The Bertz CT molecular complexity index is 670. The summed E-state index contributed by atoms with van der Waals surface area (Å²) in [6, 6.07) is 5.41. The van der Waals surface area contributed by atoms with Crippen molar-refractivity contribution in [2.75, 3.05) is 20.2 Å². The van der Waals surface area contributed by atoms with E-state index in [-0.39, 0.29) is 11.9 Å². The molecule has 1 aromatic heterocycles. The molecule has 0 radical (unpaired) electrons. The molecule has 1 aliphatic heterocycles. The molecule has 128 valence electrons. The van der Waals surface area contributed by atoms with Crippen LogP contribution in [0.15, 0.2) is 29.1 Å². The van der Waals surface area contributed by atoms with Gasteiger partial charge in [-0.25, -0.2) is 4.98 Å². The maximum atomic E-state index is 12.4. The second-order valence-electron chi connectivity index (χ2n) is 5.65. The summed E-state index contributed by atoms with van der Waals surface area (Å²) in [5, 5.41) is 8.28. The van der Waals surface area contributed by atoms with Gasteiger partial charge in [0.25, 0.3) is 5.91 Å². The van der Waals surface area contributed by atoms with Crippen molar-refractivity contribution in [3.8, 4) is 11.5 Å². The number of aromatic nitrogens is 1. The molecule has 1 atom stereocenters. The van der Waals surface area contributed by atoms with Crippen molar-refractivity contribution < 1.29 is 14.3 Å². The topological polar surface area (TPSA) is 72.5 Å². The summed E-state index contributed by atoms with van der Waals surface area (Å²) in [6.07, 6.45) is 2.09. The number of amides is 1. The summed E-state index contributed by atoms with van der Waals surface area (Å²) >= 11 is 1.53. The molecule has 24 heavy (non-hydrogen) atoms. The highest BCUT2D eigenvalue weighted by Gasteiger charge is 2.17. The van der Waals surface area contributed by atoms with Crippen LogP contribution < -0.4 is 20.1 Å². The molecule has 0 aliphatic carbocycles. The Kier molecular flexibility index (Phi) is 5.66. The van der Waals surface area contributed by atoms with Crippen molar-refractivity contribution >= 4 is 17.2 Å². The number of benzene rings is 1. The minimum absolute atomic E-state index is 0.0898. The van der Waals surface area contributed by atoms with Crippen molar-refractivity contribution in [3.05, 3.63) is 40.3 Å². The van der Waals surface area contributed by atoms with Crippen LogP contribution >= 0.6 is 11.3 Å². The fourth-order valence-electron chi connectivity index (χ4n) is 2.63. The smallest absolute Gasteiger partial charge is 0.251 e. The van der Waals surface area contributed by atoms with Gasteiger partial charge in [0.1, 0.15) is 6.61 Å². The van der Waals surface area contributed by atoms with E-state index in [9.17, 15) is 4.79 Å². The highest BCUT2D eigenvalue weighted by atomic mass is 32.1. The Balaban J connectivity index is 1.65. The number of piperidine rings is 1. The third kappa shape index (κ3) is 4.24. The zero-order chi connectivity index (χ0) is 16.8. The van der Waals surface area contributed by atoms with Gasteiger partial charge in [0, 0.05) is 23.5 Å². The van der Waals surface area contributed by atoms with Crippen LogP contribution in [0, 0.1) is 0 Å². The number of hydrogen-bond donors (Lipinski definition) is 2. The van der Waals surface area contributed by atoms with Crippen LogP contribution in [0.25, 0.3) is 0 Å². The van der Waals surface area contributed by atoms with Gasteiger partial charge < -0.3 is 20.1 Å². The molecule has 1 aromatic carbocycles. The number of nitrogens with zero attached hydrogens (tertiary/aromatic N) is 1. The number of methoxy groups -OCH3 is 1. The van der Waals surface area contributed by atoms with Crippen LogP contribution in [0.1, 0.15) is 28.9 Å². The van der Waals surface area contributed by atoms with E-state index in [2.05, 4.69) is 15.6 Å². The predicted octanol–water partition coefficient (Wildman–Crippen LogP) is 2.21. The Morgan fingerprint density at radius 2 is 2.38 bits per heavy atom. The van der Waals surface area contributed by atoms with Gasteiger partial charge in [-0.1, -0.05) is 0 Å². The largest absolute Gasteiger partial charge is 0.493 e. The van der Waals surface area contributed by atoms with Gasteiger partial charge in [-0.2, -0.15) is 0 Å². The monoisotopic (exact) mass is 347 g/mol. The van der Waals surface area contributed by atoms with Crippen molar-refractivity contribution in [1.82, 2.24) is 15.6 Å². The van der Waals surface area contributed by atoms with Crippen LogP contribution in [-0.4, -0.2) is 37.1 Å². The van der Waals surface area contributed by atoms with Gasteiger partial charge in [0.15, 0.2) is 11.5 Å². The lowest BCUT2D eigenvalue weighted by atomic mass is 10.1. The molecule has 1 aliphatic rings. The first-order valence-electron chi connectivity index (χ1n) is 7.96. The van der Waals surface area contributed by atoms with Gasteiger partial charge in [0.2, 0.25) is 0 Å². The lowest BCUT2D eigenvalue weighted by molar-refractivity contribution is 0.0930. The molecule has 1 amide bonds. The number of nitrogens with one attached hydrogen (secondary N) is 2. The molecule has 2 heterocycles. The molecule has 0 spiro atoms. The van der Waals surface area contributed by atoms with Crippen molar-refractivity contribution in [3.63, 3.8) is 0 Å². The molecule has 1 fully saturated rings. The van der Waals surface area contributed by atoms with Crippen molar-refractivity contribution in [1.29, 1.82) is 0 Å². The van der Waals surface area contributed by atoms with Crippen LogP contribution in [0.3, 0.4) is 0 Å².